The van der Waals surface area contributed by atoms with Gasteiger partial charge >= 0.3 is 0 Å². The van der Waals surface area contributed by atoms with E-state index >= 15 is 0 Å². The monoisotopic (exact) mass is 280 g/mol. The van der Waals surface area contributed by atoms with Crippen LogP contribution in [0.15, 0.2) is 36.4 Å². The van der Waals surface area contributed by atoms with Crippen molar-refractivity contribution in [2.75, 3.05) is 0 Å². The minimum atomic E-state index is 0.0987. The molecule has 1 aliphatic carbocycles. The fourth-order valence-corrected chi connectivity index (χ4v) is 3.62. The van der Waals surface area contributed by atoms with Crippen LogP contribution in [0.3, 0.4) is 0 Å². The molecule has 0 fully saturated rings. The van der Waals surface area contributed by atoms with Crippen molar-refractivity contribution in [3.8, 4) is 0 Å². The number of hydrogen-bond donors (Lipinski definition) is 1. The summed E-state index contributed by atoms with van der Waals surface area (Å²) in [5, 5.41) is 0. The number of fused-ring (bicyclic) bond motifs is 1. The predicted octanol–water partition coefficient (Wildman–Crippen LogP) is 4.21. The minimum absolute atomic E-state index is 0.0987. The van der Waals surface area contributed by atoms with Crippen LogP contribution in [0, 0.1) is 13.8 Å². The number of nitrogens with two attached hydrogens (primary N) is 1. The Bertz CT molecular complexity index is 613. The summed E-state index contributed by atoms with van der Waals surface area (Å²) >= 11 is 0. The number of aromatic nitrogens is 1. The Morgan fingerprint density at radius 1 is 1.19 bits per heavy atom. The first-order valence-electron chi connectivity index (χ1n) is 7.92. The largest absolute Gasteiger partial charge is 0.324 e. The van der Waals surface area contributed by atoms with Crippen molar-refractivity contribution in [1.82, 2.24) is 4.98 Å². The van der Waals surface area contributed by atoms with Gasteiger partial charge in [-0.2, -0.15) is 0 Å². The van der Waals surface area contributed by atoms with Gasteiger partial charge in [0.1, 0.15) is 0 Å². The molecule has 0 spiro atoms. The molecule has 0 saturated carbocycles. The molecule has 0 radical (unpaired) electrons. The second kappa shape index (κ2) is 5.98. The van der Waals surface area contributed by atoms with Crippen molar-refractivity contribution in [1.29, 1.82) is 0 Å². The molecule has 1 aromatic carbocycles. The highest BCUT2D eigenvalue weighted by Gasteiger charge is 2.22. The molecule has 2 aromatic rings. The summed E-state index contributed by atoms with van der Waals surface area (Å²) in [7, 11) is 0. The summed E-state index contributed by atoms with van der Waals surface area (Å²) in [6, 6.07) is 13.2. The van der Waals surface area contributed by atoms with Gasteiger partial charge in [0.05, 0.1) is 0 Å². The number of benzene rings is 1. The Labute approximate surface area is 127 Å². The average molecular weight is 280 g/mol. The van der Waals surface area contributed by atoms with Gasteiger partial charge in [-0.15, -0.1) is 0 Å². The molecule has 1 heterocycles. The van der Waals surface area contributed by atoms with E-state index in [1.807, 2.05) is 13.8 Å². The summed E-state index contributed by atoms with van der Waals surface area (Å²) in [5.74, 6) is 0.596. The number of rotatable bonds is 3. The summed E-state index contributed by atoms with van der Waals surface area (Å²) in [6.07, 6.45) is 4.78. The Morgan fingerprint density at radius 2 is 1.90 bits per heavy atom. The maximum absolute atomic E-state index is 6.49. The fourth-order valence-electron chi connectivity index (χ4n) is 3.62. The first-order valence-corrected chi connectivity index (χ1v) is 7.92. The predicted molar refractivity (Wildman–Crippen MR) is 87.4 cm³/mol. The van der Waals surface area contributed by atoms with Gasteiger partial charge in [-0.3, -0.25) is 4.98 Å². The Hall–Kier alpha value is -1.67. The molecule has 0 amide bonds. The Balaban J connectivity index is 1.81. The van der Waals surface area contributed by atoms with Crippen LogP contribution in [0.2, 0.25) is 0 Å². The zero-order valence-electron chi connectivity index (χ0n) is 13.0. The van der Waals surface area contributed by atoms with Crippen LogP contribution >= 0.6 is 0 Å². The molecule has 0 bridgehead atoms. The summed E-state index contributed by atoms with van der Waals surface area (Å²) in [6.45, 7) is 4.08. The summed E-state index contributed by atoms with van der Waals surface area (Å²) in [5.41, 5.74) is 12.9. The number of pyridine rings is 1. The normalized spacial score (nSPS) is 19.1. The van der Waals surface area contributed by atoms with Crippen LogP contribution < -0.4 is 5.73 Å². The number of hydrogen-bond acceptors (Lipinski definition) is 2. The SMILES string of the molecule is Cc1cc(C(N)CC2CCCc3ccccc32)cc(C)n1. The maximum atomic E-state index is 6.49. The Kier molecular flexibility index (Phi) is 4.07. The van der Waals surface area contributed by atoms with Crippen molar-refractivity contribution in [2.45, 2.75) is 51.5 Å². The standard InChI is InChI=1S/C19H24N2/c1-13-10-17(11-14(2)21-13)19(20)12-16-8-5-7-15-6-3-4-9-18(15)16/h3-4,6,9-11,16,19H,5,7-8,12,20H2,1-2H3. The lowest BCUT2D eigenvalue weighted by atomic mass is 9.79. The third kappa shape index (κ3) is 3.16. The van der Waals surface area contributed by atoms with Crippen molar-refractivity contribution in [3.63, 3.8) is 0 Å². The van der Waals surface area contributed by atoms with Crippen molar-refractivity contribution in [3.05, 3.63) is 64.5 Å². The molecular formula is C19H24N2. The van der Waals surface area contributed by atoms with Gasteiger partial charge in [0, 0.05) is 17.4 Å². The highest BCUT2D eigenvalue weighted by molar-refractivity contribution is 5.33. The van der Waals surface area contributed by atoms with E-state index in [0.717, 1.165) is 17.8 Å². The molecular weight excluding hydrogens is 256 g/mol. The van der Waals surface area contributed by atoms with Crippen LogP contribution in [-0.4, -0.2) is 4.98 Å². The van der Waals surface area contributed by atoms with E-state index in [-0.39, 0.29) is 6.04 Å². The zero-order valence-corrected chi connectivity index (χ0v) is 13.0. The van der Waals surface area contributed by atoms with Gasteiger partial charge in [0.15, 0.2) is 0 Å². The second-order valence-corrected chi connectivity index (χ2v) is 6.31. The van der Waals surface area contributed by atoms with E-state index < -0.39 is 0 Å². The zero-order chi connectivity index (χ0) is 14.8. The molecule has 2 atom stereocenters. The first kappa shape index (κ1) is 14.3. The molecule has 0 saturated heterocycles. The summed E-state index contributed by atoms with van der Waals surface area (Å²) in [4.78, 5) is 4.44. The third-order valence-corrected chi connectivity index (χ3v) is 4.56. The quantitative estimate of drug-likeness (QED) is 0.914. The molecule has 21 heavy (non-hydrogen) atoms. The molecule has 2 heteroatoms. The van der Waals surface area contributed by atoms with Gasteiger partial charge in [0.2, 0.25) is 0 Å². The van der Waals surface area contributed by atoms with Crippen LogP contribution in [0.5, 0.6) is 0 Å². The first-order chi connectivity index (χ1) is 10.1. The van der Waals surface area contributed by atoms with Crippen molar-refractivity contribution >= 4 is 0 Å². The lowest BCUT2D eigenvalue weighted by Gasteiger charge is -2.28. The third-order valence-electron chi connectivity index (χ3n) is 4.56. The highest BCUT2D eigenvalue weighted by atomic mass is 14.7. The van der Waals surface area contributed by atoms with Crippen LogP contribution in [-0.2, 0) is 6.42 Å². The molecule has 110 valence electrons. The van der Waals surface area contributed by atoms with Gasteiger partial charge in [-0.1, -0.05) is 24.3 Å². The number of nitrogens with zero attached hydrogens (tertiary/aromatic N) is 1. The molecule has 2 nitrogen and oxygen atoms in total. The van der Waals surface area contributed by atoms with Gasteiger partial charge < -0.3 is 5.73 Å². The number of aryl methyl sites for hydroxylation is 3. The van der Waals surface area contributed by atoms with E-state index in [0.29, 0.717) is 5.92 Å². The molecule has 1 aromatic heterocycles. The topological polar surface area (TPSA) is 38.9 Å². The van der Waals surface area contributed by atoms with Crippen LogP contribution in [0.25, 0.3) is 0 Å². The lowest BCUT2D eigenvalue weighted by Crippen LogP contribution is -2.18. The minimum Gasteiger partial charge on any atom is -0.324 e. The van der Waals surface area contributed by atoms with E-state index in [1.54, 1.807) is 0 Å². The van der Waals surface area contributed by atoms with Gasteiger partial charge in [-0.05, 0) is 74.3 Å². The molecule has 2 unspecified atom stereocenters. The van der Waals surface area contributed by atoms with Crippen LogP contribution in [0.1, 0.15) is 59.3 Å². The lowest BCUT2D eigenvalue weighted by molar-refractivity contribution is 0.476. The average Bonchev–Trinajstić information content (AvgIpc) is 2.46. The molecule has 1 aliphatic rings. The van der Waals surface area contributed by atoms with E-state index in [4.69, 9.17) is 5.73 Å². The smallest absolute Gasteiger partial charge is 0.0379 e. The fraction of sp³-hybridized carbons (Fsp3) is 0.421. The van der Waals surface area contributed by atoms with Gasteiger partial charge in [-0.25, -0.2) is 0 Å². The van der Waals surface area contributed by atoms with Gasteiger partial charge in [0.25, 0.3) is 0 Å². The van der Waals surface area contributed by atoms with E-state index in [9.17, 15) is 0 Å². The maximum Gasteiger partial charge on any atom is 0.0379 e. The van der Waals surface area contributed by atoms with E-state index in [1.165, 1.54) is 36.0 Å². The highest BCUT2D eigenvalue weighted by Crippen LogP contribution is 2.37. The summed E-state index contributed by atoms with van der Waals surface area (Å²) < 4.78 is 0. The van der Waals surface area contributed by atoms with Crippen LogP contribution in [0.4, 0.5) is 0 Å². The Morgan fingerprint density at radius 3 is 2.67 bits per heavy atom. The molecule has 2 N–H and O–H groups in total. The second-order valence-electron chi connectivity index (χ2n) is 6.31. The van der Waals surface area contributed by atoms with E-state index in [2.05, 4.69) is 41.4 Å². The molecule has 0 aliphatic heterocycles. The molecule has 3 rings (SSSR count). The van der Waals surface area contributed by atoms with Crippen molar-refractivity contribution in [2.24, 2.45) is 5.73 Å². The van der Waals surface area contributed by atoms with Crippen molar-refractivity contribution < 1.29 is 0 Å².